The Hall–Kier alpha value is -0.260. The highest BCUT2D eigenvalue weighted by molar-refractivity contribution is 5.03. The normalized spacial score (nSPS) is 28.9. The summed E-state index contributed by atoms with van der Waals surface area (Å²) in [5.41, 5.74) is 1.70. The van der Waals surface area contributed by atoms with Gasteiger partial charge in [0.1, 0.15) is 0 Å². The fourth-order valence-corrected chi connectivity index (χ4v) is 2.43. The van der Waals surface area contributed by atoms with Gasteiger partial charge in [0.25, 0.3) is 0 Å². The lowest BCUT2D eigenvalue weighted by atomic mass is 9.72. The van der Waals surface area contributed by atoms with Gasteiger partial charge in [0.15, 0.2) is 0 Å². The summed E-state index contributed by atoms with van der Waals surface area (Å²) < 4.78 is 0. The highest BCUT2D eigenvalue weighted by Crippen LogP contribution is 2.39. The molecule has 0 aliphatic heterocycles. The first-order chi connectivity index (χ1) is 6.42. The average Bonchev–Trinajstić information content (AvgIpc) is 2.08. The number of hydrogen-bond acceptors (Lipinski definition) is 0. The molecule has 0 radical (unpaired) electrons. The Morgan fingerprint density at radius 3 is 2.14 bits per heavy atom. The van der Waals surface area contributed by atoms with Crippen molar-refractivity contribution in [3.8, 4) is 0 Å². The van der Waals surface area contributed by atoms with Crippen LogP contribution in [0.15, 0.2) is 12.2 Å². The van der Waals surface area contributed by atoms with E-state index in [-0.39, 0.29) is 0 Å². The molecule has 1 saturated carbocycles. The summed E-state index contributed by atoms with van der Waals surface area (Å²) in [6.07, 6.45) is 7.11. The Balaban J connectivity index is 2.41. The van der Waals surface area contributed by atoms with Crippen LogP contribution in [0, 0.1) is 17.3 Å². The van der Waals surface area contributed by atoms with Crippen LogP contribution < -0.4 is 0 Å². The minimum atomic E-state index is 0.352. The van der Waals surface area contributed by atoms with Crippen LogP contribution in [-0.2, 0) is 0 Å². The van der Waals surface area contributed by atoms with Crippen LogP contribution in [0.2, 0.25) is 0 Å². The zero-order valence-electron chi connectivity index (χ0n) is 10.4. The van der Waals surface area contributed by atoms with E-state index in [0.29, 0.717) is 5.41 Å². The molecular weight excluding hydrogens is 168 g/mol. The summed E-state index contributed by atoms with van der Waals surface area (Å²) in [6.45, 7) is 13.3. The fourth-order valence-electron chi connectivity index (χ4n) is 2.43. The van der Waals surface area contributed by atoms with Crippen LogP contribution in [0.25, 0.3) is 0 Å². The van der Waals surface area contributed by atoms with Gasteiger partial charge in [-0.05, 0) is 30.6 Å². The maximum atomic E-state index is 4.11. The maximum Gasteiger partial charge on any atom is -0.0147 e. The monoisotopic (exact) mass is 194 g/mol. The van der Waals surface area contributed by atoms with E-state index >= 15 is 0 Å². The molecule has 1 aliphatic rings. The van der Waals surface area contributed by atoms with E-state index in [1.165, 1.54) is 37.7 Å². The second-order valence-corrected chi connectivity index (χ2v) is 5.99. The van der Waals surface area contributed by atoms with Gasteiger partial charge in [0.2, 0.25) is 0 Å². The second kappa shape index (κ2) is 4.51. The molecule has 0 spiro atoms. The van der Waals surface area contributed by atoms with Gasteiger partial charge in [-0.1, -0.05) is 58.6 Å². The van der Waals surface area contributed by atoms with Crippen molar-refractivity contribution in [2.45, 2.75) is 59.8 Å². The number of hydrogen-bond donors (Lipinski definition) is 0. The lowest BCUT2D eigenvalue weighted by Crippen LogP contribution is -2.21. The first kappa shape index (κ1) is 11.8. The van der Waals surface area contributed by atoms with E-state index in [4.69, 9.17) is 0 Å². The van der Waals surface area contributed by atoms with E-state index < -0.39 is 0 Å². The van der Waals surface area contributed by atoms with Crippen molar-refractivity contribution in [1.29, 1.82) is 0 Å². The standard InChI is InChI=1S/C14H26/c1-11(2)14(4,5)10-13-8-6-12(3)7-9-13/h12-13H,1,6-10H2,2-5H3. The van der Waals surface area contributed by atoms with Crippen LogP contribution in [0.1, 0.15) is 59.8 Å². The quantitative estimate of drug-likeness (QED) is 0.566. The average molecular weight is 194 g/mol. The van der Waals surface area contributed by atoms with Gasteiger partial charge in [0.05, 0.1) is 0 Å². The summed E-state index contributed by atoms with van der Waals surface area (Å²) in [5.74, 6) is 1.93. The second-order valence-electron chi connectivity index (χ2n) is 5.99. The van der Waals surface area contributed by atoms with Crippen LogP contribution in [0.4, 0.5) is 0 Å². The van der Waals surface area contributed by atoms with Crippen molar-refractivity contribution >= 4 is 0 Å². The summed E-state index contributed by atoms with van der Waals surface area (Å²) in [6, 6.07) is 0. The van der Waals surface area contributed by atoms with Crippen molar-refractivity contribution in [3.63, 3.8) is 0 Å². The third kappa shape index (κ3) is 3.15. The summed E-state index contributed by atoms with van der Waals surface area (Å²) in [7, 11) is 0. The molecule has 1 rings (SSSR count). The van der Waals surface area contributed by atoms with E-state index in [9.17, 15) is 0 Å². The summed E-state index contributed by atoms with van der Waals surface area (Å²) in [5, 5.41) is 0. The van der Waals surface area contributed by atoms with Crippen LogP contribution in [0.3, 0.4) is 0 Å². The number of allylic oxidation sites excluding steroid dienone is 1. The van der Waals surface area contributed by atoms with Crippen LogP contribution in [-0.4, -0.2) is 0 Å². The van der Waals surface area contributed by atoms with Crippen LogP contribution in [0.5, 0.6) is 0 Å². The van der Waals surface area contributed by atoms with Gasteiger partial charge in [0, 0.05) is 0 Å². The third-order valence-corrected chi connectivity index (χ3v) is 4.09. The Bertz CT molecular complexity index is 192. The van der Waals surface area contributed by atoms with Gasteiger partial charge in [-0.15, -0.1) is 0 Å². The van der Waals surface area contributed by atoms with E-state index in [1.807, 2.05) is 0 Å². The first-order valence-electron chi connectivity index (χ1n) is 6.08. The van der Waals surface area contributed by atoms with E-state index in [2.05, 4.69) is 34.3 Å². The molecule has 0 aromatic heterocycles. The van der Waals surface area contributed by atoms with Gasteiger partial charge in [-0.25, -0.2) is 0 Å². The van der Waals surface area contributed by atoms with E-state index in [0.717, 1.165) is 11.8 Å². The Labute approximate surface area is 89.8 Å². The highest BCUT2D eigenvalue weighted by atomic mass is 14.3. The Morgan fingerprint density at radius 1 is 1.21 bits per heavy atom. The van der Waals surface area contributed by atoms with Gasteiger partial charge in [-0.2, -0.15) is 0 Å². The molecule has 0 atom stereocenters. The first-order valence-corrected chi connectivity index (χ1v) is 6.08. The van der Waals surface area contributed by atoms with Gasteiger partial charge >= 0.3 is 0 Å². The smallest absolute Gasteiger partial charge is 0.0147 e. The third-order valence-electron chi connectivity index (χ3n) is 4.09. The minimum Gasteiger partial charge on any atom is -0.0996 e. The largest absolute Gasteiger partial charge is 0.0996 e. The zero-order chi connectivity index (χ0) is 10.8. The molecule has 0 heterocycles. The van der Waals surface area contributed by atoms with E-state index in [1.54, 1.807) is 0 Å². The highest BCUT2D eigenvalue weighted by Gasteiger charge is 2.26. The molecule has 82 valence electrons. The molecule has 1 aliphatic carbocycles. The predicted octanol–water partition coefficient (Wildman–Crippen LogP) is 4.81. The molecule has 0 heteroatoms. The van der Waals surface area contributed by atoms with Crippen molar-refractivity contribution < 1.29 is 0 Å². The van der Waals surface area contributed by atoms with Crippen molar-refractivity contribution in [2.75, 3.05) is 0 Å². The summed E-state index contributed by atoms with van der Waals surface area (Å²) >= 11 is 0. The molecule has 1 fully saturated rings. The molecule has 0 aromatic carbocycles. The maximum absolute atomic E-state index is 4.11. The zero-order valence-corrected chi connectivity index (χ0v) is 10.4. The van der Waals surface area contributed by atoms with Gasteiger partial charge in [-0.3, -0.25) is 0 Å². The van der Waals surface area contributed by atoms with Crippen molar-refractivity contribution in [1.82, 2.24) is 0 Å². The van der Waals surface area contributed by atoms with Crippen molar-refractivity contribution in [2.24, 2.45) is 17.3 Å². The molecule has 0 nitrogen and oxygen atoms in total. The fraction of sp³-hybridized carbons (Fsp3) is 0.857. The van der Waals surface area contributed by atoms with Crippen molar-refractivity contribution in [3.05, 3.63) is 12.2 Å². The molecule has 0 N–H and O–H groups in total. The Morgan fingerprint density at radius 2 is 1.71 bits per heavy atom. The molecule has 0 aromatic rings. The molecular formula is C14H26. The molecule has 0 saturated heterocycles. The van der Waals surface area contributed by atoms with Crippen LogP contribution >= 0.6 is 0 Å². The molecule has 0 bridgehead atoms. The topological polar surface area (TPSA) is 0 Å². The predicted molar refractivity (Wildman–Crippen MR) is 64.3 cm³/mol. The Kier molecular flexibility index (Phi) is 3.80. The SMILES string of the molecule is C=C(C)C(C)(C)CC1CCC(C)CC1. The van der Waals surface area contributed by atoms with Gasteiger partial charge < -0.3 is 0 Å². The molecule has 0 amide bonds. The molecule has 0 unspecified atom stereocenters. The lowest BCUT2D eigenvalue weighted by molar-refractivity contribution is 0.222. The lowest BCUT2D eigenvalue weighted by Gasteiger charge is -2.34. The number of rotatable bonds is 3. The minimum absolute atomic E-state index is 0.352. The summed E-state index contributed by atoms with van der Waals surface area (Å²) in [4.78, 5) is 0. The molecule has 14 heavy (non-hydrogen) atoms.